The van der Waals surface area contributed by atoms with Gasteiger partial charge < -0.3 is 20.9 Å². The molecule has 0 radical (unpaired) electrons. The lowest BCUT2D eigenvalue weighted by Gasteiger charge is -2.18. The van der Waals surface area contributed by atoms with Gasteiger partial charge in [0, 0.05) is 12.8 Å². The minimum Gasteiger partial charge on any atom is -0.480 e. The highest BCUT2D eigenvalue weighted by atomic mass is 16.5. The topological polar surface area (TPSA) is 119 Å². The molecule has 2 unspecified atom stereocenters. The van der Waals surface area contributed by atoms with Crippen LogP contribution in [0.4, 0.5) is 0 Å². The summed E-state index contributed by atoms with van der Waals surface area (Å²) in [6.45, 7) is 4.97. The Morgan fingerprint density at radius 3 is 1.22 bits per heavy atom. The molecule has 0 spiro atoms. The number of carboxylic acids is 1. The standard InChI is InChI=1S/C53H100N2O5/c1-3-5-7-9-11-13-15-17-19-20-21-22-24-26-28-30-32-37-41-47-52(57)60-49(43-38-34-31-29-27-25-23-18-16-14-12-10-8-6-4-2)44-39-35-33-36-40-46-51(56)55-50(53(58)59)45-42-48-54/h17,19,25,27,49-50H,3-16,18,20-24,26,28-48,54H2,1-2H3,(H,55,56)(H,58,59)/b19-17-,27-25-. The van der Waals surface area contributed by atoms with Crippen LogP contribution >= 0.6 is 0 Å². The average Bonchev–Trinajstić information content (AvgIpc) is 3.23. The summed E-state index contributed by atoms with van der Waals surface area (Å²) in [7, 11) is 0. The summed E-state index contributed by atoms with van der Waals surface area (Å²) in [5, 5.41) is 12.0. The van der Waals surface area contributed by atoms with Crippen molar-refractivity contribution in [1.82, 2.24) is 5.32 Å². The molecule has 1 amide bonds. The van der Waals surface area contributed by atoms with Crippen LogP contribution in [0, 0.1) is 0 Å². The van der Waals surface area contributed by atoms with Gasteiger partial charge in [0.2, 0.25) is 5.91 Å². The average molecular weight is 845 g/mol. The van der Waals surface area contributed by atoms with Crippen LogP contribution in [0.5, 0.6) is 0 Å². The van der Waals surface area contributed by atoms with Gasteiger partial charge >= 0.3 is 11.9 Å². The Morgan fingerprint density at radius 1 is 0.467 bits per heavy atom. The molecule has 60 heavy (non-hydrogen) atoms. The number of carboxylic acid groups (broad SMARTS) is 1. The molecule has 4 N–H and O–H groups in total. The molecule has 0 heterocycles. The summed E-state index contributed by atoms with van der Waals surface area (Å²) < 4.78 is 6.08. The summed E-state index contributed by atoms with van der Waals surface area (Å²) >= 11 is 0. The normalized spacial score (nSPS) is 12.7. The highest BCUT2D eigenvalue weighted by Crippen LogP contribution is 2.19. The number of ether oxygens (including phenoxy) is 1. The molecule has 0 saturated heterocycles. The Balaban J connectivity index is 4.29. The van der Waals surface area contributed by atoms with Crippen molar-refractivity contribution in [1.29, 1.82) is 0 Å². The lowest BCUT2D eigenvalue weighted by Crippen LogP contribution is -2.40. The van der Waals surface area contributed by atoms with Gasteiger partial charge in [-0.2, -0.15) is 0 Å². The molecule has 0 aliphatic heterocycles. The van der Waals surface area contributed by atoms with E-state index in [-0.39, 0.29) is 18.0 Å². The number of allylic oxidation sites excluding steroid dienone is 4. The van der Waals surface area contributed by atoms with Crippen LogP contribution in [0.3, 0.4) is 0 Å². The second kappa shape index (κ2) is 47.9. The molecule has 2 atom stereocenters. The van der Waals surface area contributed by atoms with Gasteiger partial charge in [0.05, 0.1) is 0 Å². The number of aliphatic carboxylic acids is 1. The van der Waals surface area contributed by atoms with Gasteiger partial charge in [0.1, 0.15) is 12.1 Å². The van der Waals surface area contributed by atoms with Gasteiger partial charge in [-0.05, 0) is 109 Å². The second-order valence-electron chi connectivity index (χ2n) is 17.9. The monoisotopic (exact) mass is 845 g/mol. The molecular weight excluding hydrogens is 745 g/mol. The van der Waals surface area contributed by atoms with Gasteiger partial charge in [-0.3, -0.25) is 9.59 Å². The lowest BCUT2D eigenvalue weighted by molar-refractivity contribution is -0.150. The second-order valence-corrected chi connectivity index (χ2v) is 17.9. The molecule has 0 aliphatic rings. The summed E-state index contributed by atoms with van der Waals surface area (Å²) in [6.07, 6.45) is 56.7. The van der Waals surface area contributed by atoms with Crippen molar-refractivity contribution in [2.75, 3.05) is 6.54 Å². The van der Waals surface area contributed by atoms with E-state index in [4.69, 9.17) is 10.5 Å². The summed E-state index contributed by atoms with van der Waals surface area (Å²) in [4.78, 5) is 36.6. The third-order valence-corrected chi connectivity index (χ3v) is 12.0. The number of rotatable bonds is 48. The van der Waals surface area contributed by atoms with E-state index in [2.05, 4.69) is 43.5 Å². The van der Waals surface area contributed by atoms with Crippen molar-refractivity contribution in [3.63, 3.8) is 0 Å². The molecule has 0 fully saturated rings. The Bertz CT molecular complexity index is 998. The first-order valence-corrected chi connectivity index (χ1v) is 26.2. The summed E-state index contributed by atoms with van der Waals surface area (Å²) in [6, 6.07) is -0.858. The van der Waals surface area contributed by atoms with Gasteiger partial charge in [-0.25, -0.2) is 4.79 Å². The minimum absolute atomic E-state index is 0.00178. The van der Waals surface area contributed by atoms with Crippen LogP contribution in [0.15, 0.2) is 24.3 Å². The van der Waals surface area contributed by atoms with E-state index >= 15 is 0 Å². The van der Waals surface area contributed by atoms with Crippen molar-refractivity contribution in [2.45, 2.75) is 289 Å². The molecule has 0 aromatic carbocycles. The first-order chi connectivity index (χ1) is 29.4. The van der Waals surface area contributed by atoms with Gasteiger partial charge in [0.25, 0.3) is 0 Å². The molecule has 7 heteroatoms. The van der Waals surface area contributed by atoms with Crippen LogP contribution in [0.1, 0.15) is 277 Å². The zero-order chi connectivity index (χ0) is 43.8. The van der Waals surface area contributed by atoms with E-state index in [0.29, 0.717) is 32.2 Å². The molecule has 0 rings (SSSR count). The highest BCUT2D eigenvalue weighted by Gasteiger charge is 2.19. The number of nitrogens with two attached hydrogens (primary N) is 1. The maximum atomic E-state index is 12.9. The van der Waals surface area contributed by atoms with Crippen LogP contribution in [-0.2, 0) is 19.1 Å². The minimum atomic E-state index is -1.00. The molecule has 352 valence electrons. The van der Waals surface area contributed by atoms with Crippen molar-refractivity contribution in [2.24, 2.45) is 5.73 Å². The fraction of sp³-hybridized carbons (Fsp3) is 0.868. The number of nitrogens with one attached hydrogen (secondary N) is 1. The van der Waals surface area contributed by atoms with E-state index in [1.54, 1.807) is 0 Å². The van der Waals surface area contributed by atoms with Gasteiger partial charge in [0.15, 0.2) is 0 Å². The molecule has 0 aromatic heterocycles. The number of hydrogen-bond acceptors (Lipinski definition) is 5. The molecule has 7 nitrogen and oxygen atoms in total. The first-order valence-electron chi connectivity index (χ1n) is 26.2. The van der Waals surface area contributed by atoms with E-state index in [1.165, 1.54) is 167 Å². The maximum Gasteiger partial charge on any atom is 0.326 e. The van der Waals surface area contributed by atoms with E-state index in [1.807, 2.05) is 0 Å². The van der Waals surface area contributed by atoms with Gasteiger partial charge in [-0.1, -0.05) is 186 Å². The SMILES string of the molecule is CCCCCCCC/C=C\CCCCCCCCCCCC(=O)OC(CCCCC/C=C\CCCCCCCCCC)CCCCCCCC(=O)NC(CCCN)C(=O)O. The number of carbonyl (C=O) groups excluding carboxylic acids is 2. The third-order valence-electron chi connectivity index (χ3n) is 12.0. The number of amides is 1. The maximum absolute atomic E-state index is 12.9. The van der Waals surface area contributed by atoms with Crippen LogP contribution in [-0.4, -0.2) is 41.6 Å². The molecule has 0 aliphatic carbocycles. The quantitative estimate of drug-likeness (QED) is 0.0319. The lowest BCUT2D eigenvalue weighted by atomic mass is 10.0. The molecule has 0 bridgehead atoms. The zero-order valence-corrected chi connectivity index (χ0v) is 39.8. The third kappa shape index (κ3) is 43.9. The van der Waals surface area contributed by atoms with Crippen molar-refractivity contribution >= 4 is 17.8 Å². The smallest absolute Gasteiger partial charge is 0.326 e. The number of esters is 1. The first kappa shape index (κ1) is 57.9. The van der Waals surface area contributed by atoms with E-state index < -0.39 is 12.0 Å². The highest BCUT2D eigenvalue weighted by molar-refractivity contribution is 5.83. The number of unbranched alkanes of at least 4 members (excludes halogenated alkanes) is 30. The van der Waals surface area contributed by atoms with E-state index in [0.717, 1.165) is 70.6 Å². The molecule has 0 aromatic rings. The van der Waals surface area contributed by atoms with Crippen molar-refractivity contribution in [3.8, 4) is 0 Å². The Hall–Kier alpha value is -2.15. The van der Waals surface area contributed by atoms with Crippen LogP contribution < -0.4 is 11.1 Å². The van der Waals surface area contributed by atoms with Crippen LogP contribution in [0.2, 0.25) is 0 Å². The predicted molar refractivity (Wildman–Crippen MR) is 257 cm³/mol. The number of hydrogen-bond donors (Lipinski definition) is 3. The Labute approximate surface area is 372 Å². The number of carbonyl (C=O) groups is 3. The Morgan fingerprint density at radius 2 is 0.817 bits per heavy atom. The van der Waals surface area contributed by atoms with Gasteiger partial charge in [-0.15, -0.1) is 0 Å². The predicted octanol–water partition coefficient (Wildman–Crippen LogP) is 15.6. The Kier molecular flexibility index (Phi) is 46.2. The van der Waals surface area contributed by atoms with Crippen molar-refractivity contribution in [3.05, 3.63) is 24.3 Å². The summed E-state index contributed by atoms with van der Waals surface area (Å²) in [5.41, 5.74) is 5.50. The van der Waals surface area contributed by atoms with Crippen LogP contribution in [0.25, 0.3) is 0 Å². The largest absolute Gasteiger partial charge is 0.480 e. The zero-order valence-electron chi connectivity index (χ0n) is 39.8. The van der Waals surface area contributed by atoms with E-state index in [9.17, 15) is 19.5 Å². The fourth-order valence-electron chi connectivity index (χ4n) is 8.03. The molecule has 0 saturated carbocycles. The summed E-state index contributed by atoms with van der Waals surface area (Å²) in [5.74, 6) is -1.23. The molecular formula is C53H100N2O5. The fourth-order valence-corrected chi connectivity index (χ4v) is 8.03. The van der Waals surface area contributed by atoms with Crippen molar-refractivity contribution < 1.29 is 24.2 Å².